The molecule has 0 spiro atoms. The average Bonchev–Trinajstić information content (AvgIpc) is 3.27. The van der Waals surface area contributed by atoms with Crippen molar-refractivity contribution in [1.29, 1.82) is 5.26 Å². The van der Waals surface area contributed by atoms with Gasteiger partial charge in [0.15, 0.2) is 0 Å². The lowest BCUT2D eigenvalue weighted by molar-refractivity contribution is -0.137. The van der Waals surface area contributed by atoms with Gasteiger partial charge in [0.2, 0.25) is 5.91 Å². The molecule has 0 aromatic heterocycles. The number of carbonyl (C=O) groups excluding carboxylic acids is 1. The summed E-state index contributed by atoms with van der Waals surface area (Å²) in [6, 6.07) is 1.51. The van der Waals surface area contributed by atoms with Crippen molar-refractivity contribution in [3.05, 3.63) is 0 Å². The number of hydrogen-bond acceptors (Lipinski definition) is 4. The van der Waals surface area contributed by atoms with Crippen LogP contribution in [0, 0.1) is 40.4 Å². The molecular formula is C20H27N3O2. The number of nitriles is 1. The SMILES string of the molecule is N#C[C@@H]1CC23CC2(C3)N1C(=O)[C@@H](N)C1CC2CC3CC2CC(O)(C3)C1. The maximum absolute atomic E-state index is 13.3. The van der Waals surface area contributed by atoms with Crippen LogP contribution in [0.3, 0.4) is 0 Å². The van der Waals surface area contributed by atoms with E-state index < -0.39 is 11.6 Å². The first-order chi connectivity index (χ1) is 11.9. The highest BCUT2D eigenvalue weighted by Gasteiger charge is 2.91. The van der Waals surface area contributed by atoms with E-state index in [1.807, 2.05) is 4.90 Å². The Kier molecular flexibility index (Phi) is 2.54. The van der Waals surface area contributed by atoms with Gasteiger partial charge in [-0.2, -0.15) is 5.26 Å². The lowest BCUT2D eigenvalue weighted by Crippen LogP contribution is -2.54. The van der Waals surface area contributed by atoms with Crippen molar-refractivity contribution < 1.29 is 9.90 Å². The minimum absolute atomic E-state index is 0.00118. The highest BCUT2D eigenvalue weighted by molar-refractivity contribution is 5.86. The summed E-state index contributed by atoms with van der Waals surface area (Å²) in [6.45, 7) is 0. The lowest BCUT2D eigenvalue weighted by Gasteiger charge is -2.39. The van der Waals surface area contributed by atoms with E-state index in [9.17, 15) is 15.2 Å². The van der Waals surface area contributed by atoms with E-state index in [2.05, 4.69) is 6.07 Å². The molecule has 5 saturated carbocycles. The van der Waals surface area contributed by atoms with Gasteiger partial charge in [0.05, 0.1) is 23.3 Å². The van der Waals surface area contributed by atoms with Gasteiger partial charge in [-0.05, 0) is 81.5 Å². The Bertz CT molecular complexity index is 708. The first-order valence-corrected chi connectivity index (χ1v) is 10.1. The second-order valence-corrected chi connectivity index (χ2v) is 10.4. The molecule has 0 radical (unpaired) electrons. The highest BCUT2D eigenvalue weighted by Crippen LogP contribution is 2.87. The Balaban J connectivity index is 1.26. The fourth-order valence-corrected chi connectivity index (χ4v) is 7.88. The van der Waals surface area contributed by atoms with Crippen molar-refractivity contribution in [2.45, 2.75) is 81.0 Å². The van der Waals surface area contributed by atoms with Gasteiger partial charge in [-0.1, -0.05) is 0 Å². The van der Waals surface area contributed by atoms with E-state index in [0.29, 0.717) is 24.2 Å². The van der Waals surface area contributed by atoms with E-state index in [4.69, 9.17) is 5.73 Å². The van der Waals surface area contributed by atoms with Crippen LogP contribution in [0.2, 0.25) is 0 Å². The van der Waals surface area contributed by atoms with Crippen LogP contribution in [-0.4, -0.2) is 39.1 Å². The zero-order valence-corrected chi connectivity index (χ0v) is 14.7. The predicted molar refractivity (Wildman–Crippen MR) is 89.8 cm³/mol. The topological polar surface area (TPSA) is 90.4 Å². The standard InChI is InChI=1S/C20H27N3O2/c21-8-15-7-18-9-20(18,10-18)23(15)17(24)16(22)14-3-12-1-11-2-13(12)5-19(25,4-11)6-14/h11-16,25H,1-7,9-10,22H2/t11?,12?,13?,14?,15-,16-,18?,19?,20?/m0/s1. The fraction of sp³-hybridized carbons (Fsp3) is 0.900. The first-order valence-electron chi connectivity index (χ1n) is 10.1. The summed E-state index contributed by atoms with van der Waals surface area (Å²) < 4.78 is 0. The van der Waals surface area contributed by atoms with Crippen LogP contribution in [0.5, 0.6) is 0 Å². The number of fused-ring (bicyclic) bond motifs is 2. The van der Waals surface area contributed by atoms with Crippen LogP contribution >= 0.6 is 0 Å². The zero-order valence-electron chi connectivity index (χ0n) is 14.7. The molecule has 6 rings (SSSR count). The number of nitrogens with zero attached hydrogens (tertiary/aromatic N) is 2. The van der Waals surface area contributed by atoms with E-state index in [1.165, 1.54) is 12.8 Å². The monoisotopic (exact) mass is 341 g/mol. The van der Waals surface area contributed by atoms with Gasteiger partial charge in [0, 0.05) is 5.41 Å². The normalized spacial score (nSPS) is 58.1. The van der Waals surface area contributed by atoms with Crippen LogP contribution in [-0.2, 0) is 4.79 Å². The van der Waals surface area contributed by atoms with Crippen molar-refractivity contribution in [2.24, 2.45) is 34.8 Å². The number of rotatable bonds is 2. The van der Waals surface area contributed by atoms with Crippen molar-refractivity contribution in [3.8, 4) is 6.07 Å². The largest absolute Gasteiger partial charge is 0.390 e. The third-order valence-corrected chi connectivity index (χ3v) is 9.03. The van der Waals surface area contributed by atoms with Crippen molar-refractivity contribution in [1.82, 2.24) is 4.90 Å². The van der Waals surface area contributed by atoms with Crippen molar-refractivity contribution in [2.75, 3.05) is 0 Å². The highest BCUT2D eigenvalue weighted by atomic mass is 16.3. The van der Waals surface area contributed by atoms with Crippen molar-refractivity contribution >= 4 is 5.91 Å². The van der Waals surface area contributed by atoms with Gasteiger partial charge >= 0.3 is 0 Å². The molecule has 1 aliphatic heterocycles. The summed E-state index contributed by atoms with van der Waals surface area (Å²) in [5.41, 5.74) is 6.20. The van der Waals surface area contributed by atoms with Crippen LogP contribution in [0.4, 0.5) is 0 Å². The zero-order chi connectivity index (χ0) is 17.2. The number of piperidine rings is 2. The number of likely N-dealkylation sites (tertiary alicyclic amines) is 1. The summed E-state index contributed by atoms with van der Waals surface area (Å²) in [5.74, 6) is 2.00. The van der Waals surface area contributed by atoms with E-state index >= 15 is 0 Å². The molecule has 1 heterocycles. The van der Waals surface area contributed by atoms with Crippen LogP contribution < -0.4 is 5.73 Å². The maximum atomic E-state index is 13.3. The van der Waals surface area contributed by atoms with Crippen LogP contribution in [0.1, 0.15) is 57.8 Å². The van der Waals surface area contributed by atoms with Crippen molar-refractivity contribution in [3.63, 3.8) is 0 Å². The molecule has 5 unspecified atom stereocenters. The Morgan fingerprint density at radius 2 is 1.92 bits per heavy atom. The van der Waals surface area contributed by atoms with Gasteiger partial charge < -0.3 is 15.7 Å². The number of nitrogens with two attached hydrogens (primary N) is 1. The van der Waals surface area contributed by atoms with Gasteiger partial charge in [-0.3, -0.25) is 4.79 Å². The molecule has 5 aliphatic carbocycles. The molecule has 1 amide bonds. The van der Waals surface area contributed by atoms with E-state index in [0.717, 1.165) is 38.5 Å². The first kappa shape index (κ1) is 15.0. The Hall–Kier alpha value is -1.12. The minimum atomic E-state index is -0.609. The molecule has 0 aromatic rings. The average molecular weight is 341 g/mol. The molecule has 3 bridgehead atoms. The molecule has 25 heavy (non-hydrogen) atoms. The fourth-order valence-electron chi connectivity index (χ4n) is 7.88. The summed E-state index contributed by atoms with van der Waals surface area (Å²) in [7, 11) is 0. The minimum Gasteiger partial charge on any atom is -0.390 e. The molecule has 6 aliphatic rings. The summed E-state index contributed by atoms with van der Waals surface area (Å²) >= 11 is 0. The number of carbonyl (C=O) groups is 1. The third kappa shape index (κ3) is 1.73. The third-order valence-electron chi connectivity index (χ3n) is 9.03. The van der Waals surface area contributed by atoms with E-state index in [1.54, 1.807) is 0 Å². The summed E-state index contributed by atoms with van der Waals surface area (Å²) in [4.78, 5) is 15.2. The molecule has 6 fully saturated rings. The summed E-state index contributed by atoms with van der Waals surface area (Å²) in [5, 5.41) is 20.6. The molecular weight excluding hydrogens is 314 g/mol. The molecule has 7 atom stereocenters. The quantitative estimate of drug-likeness (QED) is 0.797. The molecule has 5 nitrogen and oxygen atoms in total. The molecule has 134 valence electrons. The van der Waals surface area contributed by atoms with Gasteiger partial charge in [0.25, 0.3) is 0 Å². The Morgan fingerprint density at radius 3 is 2.68 bits per heavy atom. The Morgan fingerprint density at radius 1 is 1.16 bits per heavy atom. The second kappa shape index (κ2) is 4.23. The second-order valence-electron chi connectivity index (χ2n) is 10.4. The number of hydrogen-bond donors (Lipinski definition) is 2. The maximum Gasteiger partial charge on any atom is 0.241 e. The van der Waals surface area contributed by atoms with Gasteiger partial charge in [0.1, 0.15) is 6.04 Å². The number of aliphatic hydroxyl groups is 1. The van der Waals surface area contributed by atoms with Gasteiger partial charge in [-0.25, -0.2) is 0 Å². The van der Waals surface area contributed by atoms with E-state index in [-0.39, 0.29) is 28.8 Å². The number of amides is 1. The Labute approximate surface area is 148 Å². The lowest BCUT2D eigenvalue weighted by atomic mass is 9.73. The molecule has 1 saturated heterocycles. The van der Waals surface area contributed by atoms with Gasteiger partial charge in [-0.15, -0.1) is 0 Å². The molecule has 0 aromatic carbocycles. The molecule has 3 N–H and O–H groups in total. The summed E-state index contributed by atoms with van der Waals surface area (Å²) in [6.07, 6.45) is 8.95. The molecule has 5 heteroatoms. The van der Waals surface area contributed by atoms with Crippen LogP contribution in [0.25, 0.3) is 0 Å². The van der Waals surface area contributed by atoms with Crippen LogP contribution in [0.15, 0.2) is 0 Å². The predicted octanol–water partition coefficient (Wildman–Crippen LogP) is 1.55. The smallest absolute Gasteiger partial charge is 0.241 e.